The molecule has 19 heavy (non-hydrogen) atoms. The highest BCUT2D eigenvalue weighted by Crippen LogP contribution is 2.32. The van der Waals surface area contributed by atoms with E-state index in [9.17, 15) is 8.78 Å². The molecule has 8 heteroatoms. The van der Waals surface area contributed by atoms with Crippen LogP contribution in [0, 0.1) is 0 Å². The third kappa shape index (κ3) is 3.25. The Hall–Kier alpha value is -2.02. The van der Waals surface area contributed by atoms with Crippen molar-refractivity contribution in [2.24, 2.45) is 5.16 Å². The lowest BCUT2D eigenvalue weighted by Crippen LogP contribution is -2.03. The Labute approximate surface area is 111 Å². The first-order chi connectivity index (χ1) is 9.00. The fourth-order valence-electron chi connectivity index (χ4n) is 1.29. The number of alkyl halides is 3. The second-order valence-corrected chi connectivity index (χ2v) is 3.93. The number of hydrogen-bond donors (Lipinski definition) is 0. The van der Waals surface area contributed by atoms with Gasteiger partial charge in [0.15, 0.2) is 0 Å². The van der Waals surface area contributed by atoms with Gasteiger partial charge in [0, 0.05) is 5.56 Å². The Morgan fingerprint density at radius 2 is 2.05 bits per heavy atom. The van der Waals surface area contributed by atoms with Crippen molar-refractivity contribution in [1.82, 2.24) is 10.1 Å². The van der Waals surface area contributed by atoms with Crippen molar-refractivity contribution in [1.29, 1.82) is 0 Å². The number of oxime groups is 1. The summed E-state index contributed by atoms with van der Waals surface area (Å²) in [5.74, 6) is -0.903. The van der Waals surface area contributed by atoms with E-state index >= 15 is 0 Å². The largest absolute Gasteiger partial charge is 0.400 e. The van der Waals surface area contributed by atoms with Gasteiger partial charge in [-0.15, -0.1) is 0 Å². The van der Waals surface area contributed by atoms with Crippen LogP contribution in [0.2, 0.25) is 0 Å². The number of hydrogen-bond acceptors (Lipinski definition) is 5. The smallest absolute Gasteiger partial charge is 0.399 e. The lowest BCUT2D eigenvalue weighted by Gasteiger charge is -1.98. The maximum Gasteiger partial charge on any atom is 0.400 e. The van der Waals surface area contributed by atoms with Crippen LogP contribution in [0.5, 0.6) is 0 Å². The van der Waals surface area contributed by atoms with Crippen LogP contribution in [0.15, 0.2) is 33.9 Å². The average Bonchev–Trinajstić information content (AvgIpc) is 2.86. The van der Waals surface area contributed by atoms with E-state index in [0.717, 1.165) is 5.56 Å². The van der Waals surface area contributed by atoms with Gasteiger partial charge in [-0.25, -0.2) is 0 Å². The van der Waals surface area contributed by atoms with E-state index in [2.05, 4.69) is 24.7 Å². The molecule has 2 rings (SSSR count). The zero-order valence-electron chi connectivity index (χ0n) is 9.68. The fourth-order valence-corrected chi connectivity index (χ4v) is 1.36. The predicted octanol–water partition coefficient (Wildman–Crippen LogP) is 3.01. The Bertz CT molecular complexity index is 578. The van der Waals surface area contributed by atoms with Gasteiger partial charge in [0.25, 0.3) is 0 Å². The van der Waals surface area contributed by atoms with Crippen molar-refractivity contribution < 1.29 is 18.1 Å². The number of nitrogens with zero attached hydrogens (tertiary/aromatic N) is 3. The molecule has 100 valence electrons. The van der Waals surface area contributed by atoms with Gasteiger partial charge in [-0.05, 0) is 17.2 Å². The standard InChI is InChI=1S/C11H8ClF2N3O2/c1-18-15-6-7-2-4-8(5-3-7)9-16-10(19-17-9)11(12,13)14/h2-6H,1H3. The number of aromatic nitrogens is 2. The molecule has 5 nitrogen and oxygen atoms in total. The first-order valence-corrected chi connectivity index (χ1v) is 5.46. The highest BCUT2D eigenvalue weighted by molar-refractivity contribution is 6.21. The summed E-state index contributed by atoms with van der Waals surface area (Å²) in [4.78, 5) is 8.06. The highest BCUT2D eigenvalue weighted by atomic mass is 35.5. The minimum Gasteiger partial charge on any atom is -0.399 e. The Balaban J connectivity index is 2.23. The van der Waals surface area contributed by atoms with Crippen LogP contribution in [0.25, 0.3) is 11.4 Å². The Morgan fingerprint density at radius 3 is 2.58 bits per heavy atom. The van der Waals surface area contributed by atoms with Gasteiger partial charge < -0.3 is 9.36 Å². The molecule has 0 saturated heterocycles. The molecule has 0 radical (unpaired) electrons. The van der Waals surface area contributed by atoms with Crippen molar-refractivity contribution in [3.8, 4) is 11.4 Å². The molecule has 0 fully saturated rings. The lowest BCUT2D eigenvalue weighted by molar-refractivity contribution is 0.0551. The number of benzene rings is 1. The van der Waals surface area contributed by atoms with Crippen molar-refractivity contribution in [3.63, 3.8) is 0 Å². The van der Waals surface area contributed by atoms with E-state index in [-0.39, 0.29) is 5.82 Å². The Morgan fingerprint density at radius 1 is 1.37 bits per heavy atom. The molecule has 2 aromatic rings. The molecule has 0 amide bonds. The molecule has 0 aliphatic carbocycles. The molecule has 0 aliphatic heterocycles. The van der Waals surface area contributed by atoms with Gasteiger partial charge in [-0.1, -0.05) is 34.6 Å². The zero-order valence-corrected chi connectivity index (χ0v) is 10.4. The van der Waals surface area contributed by atoms with E-state index in [4.69, 9.17) is 11.6 Å². The van der Waals surface area contributed by atoms with Crippen molar-refractivity contribution in [3.05, 3.63) is 35.7 Å². The van der Waals surface area contributed by atoms with Crippen molar-refractivity contribution >= 4 is 17.8 Å². The van der Waals surface area contributed by atoms with Crippen molar-refractivity contribution in [2.75, 3.05) is 7.11 Å². The lowest BCUT2D eigenvalue weighted by atomic mass is 10.1. The normalized spacial score (nSPS) is 12.0. The van der Waals surface area contributed by atoms with Gasteiger partial charge in [0.05, 0.1) is 6.21 Å². The third-order valence-corrected chi connectivity index (χ3v) is 2.31. The van der Waals surface area contributed by atoms with E-state index in [1.165, 1.54) is 13.3 Å². The first-order valence-electron chi connectivity index (χ1n) is 5.08. The van der Waals surface area contributed by atoms with Crippen molar-refractivity contribution in [2.45, 2.75) is 5.38 Å². The first kappa shape index (κ1) is 13.4. The van der Waals surface area contributed by atoms with Gasteiger partial charge >= 0.3 is 11.3 Å². The molecule has 0 bridgehead atoms. The molecule has 0 atom stereocenters. The second-order valence-electron chi connectivity index (χ2n) is 3.46. The van der Waals surface area contributed by atoms with Crippen LogP contribution >= 0.6 is 11.6 Å². The van der Waals surface area contributed by atoms with Crippen LogP contribution in [0.3, 0.4) is 0 Å². The van der Waals surface area contributed by atoms with Crippen LogP contribution in [-0.4, -0.2) is 23.5 Å². The third-order valence-electron chi connectivity index (χ3n) is 2.14. The van der Waals surface area contributed by atoms with Gasteiger partial charge in [0.2, 0.25) is 5.82 Å². The number of rotatable bonds is 4. The summed E-state index contributed by atoms with van der Waals surface area (Å²) in [5, 5.41) is 3.35. The fraction of sp³-hybridized carbons (Fsp3) is 0.182. The van der Waals surface area contributed by atoms with E-state index in [1.54, 1.807) is 24.3 Å². The molecular weight excluding hydrogens is 280 g/mol. The summed E-state index contributed by atoms with van der Waals surface area (Å²) in [6.07, 6.45) is 1.50. The second kappa shape index (κ2) is 5.31. The summed E-state index contributed by atoms with van der Waals surface area (Å²) in [5.41, 5.74) is 1.29. The molecule has 1 aromatic heterocycles. The van der Waals surface area contributed by atoms with Crippen LogP contribution in [0.4, 0.5) is 8.78 Å². The average molecular weight is 288 g/mol. The van der Waals surface area contributed by atoms with Gasteiger partial charge in [-0.3, -0.25) is 0 Å². The molecule has 0 aliphatic rings. The SMILES string of the molecule is CON=Cc1ccc(-c2noc(C(F)(F)Cl)n2)cc1. The molecule has 1 aromatic carbocycles. The molecule has 0 spiro atoms. The van der Waals surface area contributed by atoms with Crippen LogP contribution < -0.4 is 0 Å². The quantitative estimate of drug-likeness (QED) is 0.493. The summed E-state index contributed by atoms with van der Waals surface area (Å²) in [7, 11) is 1.43. The molecule has 0 saturated carbocycles. The maximum atomic E-state index is 12.7. The van der Waals surface area contributed by atoms with E-state index in [0.29, 0.717) is 5.56 Å². The molecule has 1 heterocycles. The zero-order chi connectivity index (χ0) is 13.9. The summed E-state index contributed by atoms with van der Waals surface area (Å²) in [6.45, 7) is 0. The highest BCUT2D eigenvalue weighted by Gasteiger charge is 2.35. The molecular formula is C11H8ClF2N3O2. The minimum atomic E-state index is -3.67. The Kier molecular flexibility index (Phi) is 3.75. The molecule has 0 unspecified atom stereocenters. The van der Waals surface area contributed by atoms with E-state index < -0.39 is 11.3 Å². The topological polar surface area (TPSA) is 60.5 Å². The predicted molar refractivity (Wildman–Crippen MR) is 64.1 cm³/mol. The van der Waals surface area contributed by atoms with E-state index in [1.807, 2.05) is 0 Å². The van der Waals surface area contributed by atoms with Gasteiger partial charge in [-0.2, -0.15) is 13.8 Å². The number of halogens is 3. The maximum absolute atomic E-state index is 12.7. The molecule has 0 N–H and O–H groups in total. The minimum absolute atomic E-state index is 0.0329. The summed E-state index contributed by atoms with van der Waals surface area (Å²) < 4.78 is 29.8. The summed E-state index contributed by atoms with van der Waals surface area (Å²) in [6, 6.07) is 6.68. The monoisotopic (exact) mass is 287 g/mol. The van der Waals surface area contributed by atoms with Crippen LogP contribution in [0.1, 0.15) is 11.5 Å². The van der Waals surface area contributed by atoms with Gasteiger partial charge in [0.1, 0.15) is 7.11 Å². The summed E-state index contributed by atoms with van der Waals surface area (Å²) >= 11 is 4.78. The van der Waals surface area contributed by atoms with Crippen LogP contribution in [-0.2, 0) is 10.2 Å².